The molecule has 7 heteroatoms. The molecule has 0 spiro atoms. The van der Waals surface area contributed by atoms with Gasteiger partial charge in [-0.1, -0.05) is 36.4 Å². The standard InChI is InChI=1S/C25H25FN2O4/c1-17(2)28(27-25(30)18-9-5-4-6-10-18)24(29)16-32-23-14-13-19(26)15-21(23)20-11-7-8-12-22(20)31-3/h4-15,17H,16H2,1-3H3,(H,27,30). The number of amides is 2. The number of carbonyl (C=O) groups is 2. The number of methoxy groups -OCH3 is 1. The molecular formula is C25H25FN2O4. The largest absolute Gasteiger partial charge is 0.496 e. The number of benzene rings is 3. The van der Waals surface area contributed by atoms with Crippen LogP contribution in [0, 0.1) is 5.82 Å². The molecule has 6 nitrogen and oxygen atoms in total. The van der Waals surface area contributed by atoms with Crippen molar-refractivity contribution in [3.63, 3.8) is 0 Å². The molecule has 0 unspecified atom stereocenters. The van der Waals surface area contributed by atoms with E-state index in [1.54, 1.807) is 62.4 Å². The molecule has 1 N–H and O–H groups in total. The lowest BCUT2D eigenvalue weighted by Crippen LogP contribution is -2.51. The maximum absolute atomic E-state index is 14.0. The van der Waals surface area contributed by atoms with Crippen molar-refractivity contribution in [3.8, 4) is 22.6 Å². The number of ether oxygens (including phenoxy) is 2. The Bertz CT molecular complexity index is 1090. The Morgan fingerprint density at radius 3 is 2.31 bits per heavy atom. The number of nitrogens with zero attached hydrogens (tertiary/aromatic N) is 1. The molecule has 0 aromatic heterocycles. The maximum Gasteiger partial charge on any atom is 0.279 e. The van der Waals surface area contributed by atoms with E-state index in [-0.39, 0.29) is 12.6 Å². The molecule has 0 aliphatic rings. The summed E-state index contributed by atoms with van der Waals surface area (Å²) in [5.41, 5.74) is 4.15. The molecular weight excluding hydrogens is 411 g/mol. The van der Waals surface area contributed by atoms with Crippen LogP contribution < -0.4 is 14.9 Å². The lowest BCUT2D eigenvalue weighted by atomic mass is 10.0. The number of halogens is 1. The molecule has 0 bridgehead atoms. The minimum absolute atomic E-state index is 0.305. The van der Waals surface area contributed by atoms with E-state index in [1.165, 1.54) is 30.3 Å². The summed E-state index contributed by atoms with van der Waals surface area (Å²) in [6.07, 6.45) is 0. The van der Waals surface area contributed by atoms with E-state index in [0.29, 0.717) is 28.2 Å². The Morgan fingerprint density at radius 1 is 0.938 bits per heavy atom. The van der Waals surface area contributed by atoms with Crippen molar-refractivity contribution in [3.05, 3.63) is 84.2 Å². The monoisotopic (exact) mass is 436 g/mol. The zero-order chi connectivity index (χ0) is 23.1. The SMILES string of the molecule is COc1ccccc1-c1cc(F)ccc1OCC(=O)N(NC(=O)c1ccccc1)C(C)C. The van der Waals surface area contributed by atoms with Gasteiger partial charge in [0.25, 0.3) is 11.8 Å². The van der Waals surface area contributed by atoms with E-state index in [9.17, 15) is 14.0 Å². The molecule has 0 aliphatic heterocycles. The normalized spacial score (nSPS) is 10.5. The highest BCUT2D eigenvalue weighted by Gasteiger charge is 2.22. The van der Waals surface area contributed by atoms with Crippen LogP contribution in [0.4, 0.5) is 4.39 Å². The van der Waals surface area contributed by atoms with Gasteiger partial charge in [0.05, 0.1) is 7.11 Å². The zero-order valence-corrected chi connectivity index (χ0v) is 18.2. The van der Waals surface area contributed by atoms with Crippen molar-refractivity contribution in [2.24, 2.45) is 0 Å². The lowest BCUT2D eigenvalue weighted by Gasteiger charge is -2.27. The van der Waals surface area contributed by atoms with Crippen LogP contribution in [0.3, 0.4) is 0 Å². The molecule has 3 aromatic carbocycles. The number of hydrogen-bond donors (Lipinski definition) is 1. The lowest BCUT2D eigenvalue weighted by molar-refractivity contribution is -0.137. The van der Waals surface area contributed by atoms with Crippen molar-refractivity contribution in [2.75, 3.05) is 13.7 Å². The van der Waals surface area contributed by atoms with Crippen molar-refractivity contribution in [1.82, 2.24) is 10.4 Å². The second-order valence-corrected chi connectivity index (χ2v) is 7.29. The van der Waals surface area contributed by atoms with Gasteiger partial charge >= 0.3 is 0 Å². The Labute approximate surface area is 186 Å². The fraction of sp³-hybridized carbons (Fsp3) is 0.200. The molecule has 0 saturated carbocycles. The highest BCUT2D eigenvalue weighted by atomic mass is 19.1. The van der Waals surface area contributed by atoms with Crippen molar-refractivity contribution < 1.29 is 23.5 Å². The van der Waals surface area contributed by atoms with Gasteiger partial charge < -0.3 is 9.47 Å². The second kappa shape index (κ2) is 10.4. The summed E-state index contributed by atoms with van der Waals surface area (Å²) in [6, 6.07) is 19.5. The van der Waals surface area contributed by atoms with Gasteiger partial charge in [0, 0.05) is 22.7 Å². The first-order valence-corrected chi connectivity index (χ1v) is 10.1. The molecule has 0 radical (unpaired) electrons. The number of rotatable bonds is 7. The molecule has 0 heterocycles. The van der Waals surface area contributed by atoms with E-state index in [0.717, 1.165) is 0 Å². The number of carbonyl (C=O) groups excluding carboxylic acids is 2. The van der Waals surface area contributed by atoms with E-state index < -0.39 is 17.6 Å². The summed E-state index contributed by atoms with van der Waals surface area (Å²) < 4.78 is 25.1. The van der Waals surface area contributed by atoms with Crippen LogP contribution in [-0.4, -0.2) is 36.6 Å². The molecule has 0 aliphatic carbocycles. The Hall–Kier alpha value is -3.87. The molecule has 3 aromatic rings. The zero-order valence-electron chi connectivity index (χ0n) is 18.2. The summed E-state index contributed by atoms with van der Waals surface area (Å²) >= 11 is 0. The summed E-state index contributed by atoms with van der Waals surface area (Å²) in [5.74, 6) is -0.414. The minimum atomic E-state index is -0.445. The number of hydrogen-bond acceptors (Lipinski definition) is 4. The third-order valence-electron chi connectivity index (χ3n) is 4.73. The van der Waals surface area contributed by atoms with Crippen LogP contribution in [0.25, 0.3) is 11.1 Å². The summed E-state index contributed by atoms with van der Waals surface area (Å²) in [7, 11) is 1.53. The van der Waals surface area contributed by atoms with Crippen LogP contribution in [-0.2, 0) is 4.79 Å². The van der Waals surface area contributed by atoms with Gasteiger partial charge in [0.1, 0.15) is 17.3 Å². The first kappa shape index (κ1) is 22.8. The molecule has 0 atom stereocenters. The van der Waals surface area contributed by atoms with E-state index in [2.05, 4.69) is 5.43 Å². The number of nitrogens with one attached hydrogen (secondary N) is 1. The Kier molecular flexibility index (Phi) is 7.44. The third-order valence-corrected chi connectivity index (χ3v) is 4.73. The molecule has 3 rings (SSSR count). The fourth-order valence-corrected chi connectivity index (χ4v) is 3.16. The van der Waals surface area contributed by atoms with Gasteiger partial charge in [-0.3, -0.25) is 15.0 Å². The van der Waals surface area contributed by atoms with Gasteiger partial charge in [0.2, 0.25) is 0 Å². The van der Waals surface area contributed by atoms with Crippen LogP contribution in [0.15, 0.2) is 72.8 Å². The van der Waals surface area contributed by atoms with E-state index in [1.807, 2.05) is 6.07 Å². The Balaban J connectivity index is 1.78. The molecule has 0 fully saturated rings. The van der Waals surface area contributed by atoms with Gasteiger partial charge in [-0.25, -0.2) is 9.40 Å². The predicted octanol–water partition coefficient (Wildman–Crippen LogP) is 4.46. The molecule has 0 saturated heterocycles. The third kappa shape index (κ3) is 5.43. The highest BCUT2D eigenvalue weighted by Crippen LogP contribution is 2.36. The van der Waals surface area contributed by atoms with Crippen LogP contribution in [0.5, 0.6) is 11.5 Å². The van der Waals surface area contributed by atoms with Crippen LogP contribution >= 0.6 is 0 Å². The van der Waals surface area contributed by atoms with Crippen molar-refractivity contribution in [1.29, 1.82) is 0 Å². The molecule has 166 valence electrons. The first-order chi connectivity index (χ1) is 15.4. The van der Waals surface area contributed by atoms with E-state index >= 15 is 0 Å². The average molecular weight is 436 g/mol. The summed E-state index contributed by atoms with van der Waals surface area (Å²) in [6.45, 7) is 3.21. The fourth-order valence-electron chi connectivity index (χ4n) is 3.16. The highest BCUT2D eigenvalue weighted by molar-refractivity contribution is 5.95. The van der Waals surface area contributed by atoms with Gasteiger partial charge in [0.15, 0.2) is 6.61 Å². The maximum atomic E-state index is 14.0. The smallest absolute Gasteiger partial charge is 0.279 e. The van der Waals surface area contributed by atoms with Crippen LogP contribution in [0.2, 0.25) is 0 Å². The predicted molar refractivity (Wildman–Crippen MR) is 120 cm³/mol. The summed E-state index contributed by atoms with van der Waals surface area (Å²) in [5, 5.41) is 1.22. The van der Waals surface area contributed by atoms with Crippen LogP contribution in [0.1, 0.15) is 24.2 Å². The topological polar surface area (TPSA) is 67.9 Å². The van der Waals surface area contributed by atoms with Crippen molar-refractivity contribution >= 4 is 11.8 Å². The molecule has 32 heavy (non-hydrogen) atoms. The second-order valence-electron chi connectivity index (χ2n) is 7.29. The van der Waals surface area contributed by atoms with Gasteiger partial charge in [-0.05, 0) is 50.2 Å². The van der Waals surface area contributed by atoms with Gasteiger partial charge in [-0.2, -0.15) is 0 Å². The quantitative estimate of drug-likeness (QED) is 0.555. The number of para-hydroxylation sites is 1. The van der Waals surface area contributed by atoms with E-state index in [4.69, 9.17) is 9.47 Å². The number of hydrazine groups is 1. The first-order valence-electron chi connectivity index (χ1n) is 10.1. The molecule has 2 amide bonds. The average Bonchev–Trinajstić information content (AvgIpc) is 2.81. The minimum Gasteiger partial charge on any atom is -0.496 e. The summed E-state index contributed by atoms with van der Waals surface area (Å²) in [4.78, 5) is 25.3. The van der Waals surface area contributed by atoms with Gasteiger partial charge in [-0.15, -0.1) is 0 Å². The van der Waals surface area contributed by atoms with Crippen molar-refractivity contribution in [2.45, 2.75) is 19.9 Å². The Morgan fingerprint density at radius 2 is 1.62 bits per heavy atom.